The van der Waals surface area contributed by atoms with Gasteiger partial charge in [0.05, 0.1) is 10.7 Å². The number of thiazole rings is 1. The Morgan fingerprint density at radius 3 is 2.75 bits per heavy atom. The number of carbonyl (C=O) groups excluding carboxylic acids is 1. The molecule has 1 heterocycles. The minimum atomic E-state index is -0.287. The van der Waals surface area contributed by atoms with Crippen molar-refractivity contribution in [1.82, 2.24) is 9.88 Å². The lowest BCUT2D eigenvalue weighted by molar-refractivity contribution is -0.125. The standard InChI is InChI=1S/C22H21FN2O2S/c1-16-24-20(15-28-16)14-27-21-5-3-4-17(12-21)8-11-22(26)25(2)13-18-6-9-19(23)10-7-18/h3-12,15H,13-14H2,1-2H3/b11-8+. The first-order valence-electron chi connectivity index (χ1n) is 8.81. The predicted octanol–water partition coefficient (Wildman–Crippen LogP) is 4.84. The van der Waals surface area contributed by atoms with E-state index < -0.39 is 0 Å². The van der Waals surface area contributed by atoms with Crippen molar-refractivity contribution in [1.29, 1.82) is 0 Å². The number of likely N-dealkylation sites (N-methyl/N-ethyl adjacent to an activating group) is 1. The maximum atomic E-state index is 13.0. The molecule has 0 radical (unpaired) electrons. The predicted molar refractivity (Wildman–Crippen MR) is 110 cm³/mol. The van der Waals surface area contributed by atoms with E-state index in [0.717, 1.165) is 27.6 Å². The molecule has 4 nitrogen and oxygen atoms in total. The monoisotopic (exact) mass is 396 g/mol. The van der Waals surface area contributed by atoms with Crippen LogP contribution in [0.3, 0.4) is 0 Å². The minimum Gasteiger partial charge on any atom is -0.487 e. The van der Waals surface area contributed by atoms with E-state index in [-0.39, 0.29) is 11.7 Å². The Kier molecular flexibility index (Phi) is 6.55. The van der Waals surface area contributed by atoms with Crippen LogP contribution in [0.1, 0.15) is 21.8 Å². The second-order valence-electron chi connectivity index (χ2n) is 6.37. The molecule has 1 aromatic heterocycles. The molecule has 0 fully saturated rings. The zero-order valence-electron chi connectivity index (χ0n) is 15.8. The smallest absolute Gasteiger partial charge is 0.246 e. The Bertz CT molecular complexity index is 967. The normalized spacial score (nSPS) is 11.0. The molecule has 0 aliphatic heterocycles. The van der Waals surface area contributed by atoms with E-state index in [0.29, 0.717) is 13.2 Å². The Morgan fingerprint density at radius 2 is 2.04 bits per heavy atom. The van der Waals surface area contributed by atoms with E-state index >= 15 is 0 Å². The largest absolute Gasteiger partial charge is 0.487 e. The van der Waals surface area contributed by atoms with Gasteiger partial charge >= 0.3 is 0 Å². The number of ether oxygens (including phenoxy) is 1. The van der Waals surface area contributed by atoms with Crippen molar-refractivity contribution in [3.8, 4) is 5.75 Å². The molecule has 3 rings (SSSR count). The van der Waals surface area contributed by atoms with Gasteiger partial charge in [0.2, 0.25) is 5.91 Å². The van der Waals surface area contributed by atoms with Crippen molar-refractivity contribution in [3.05, 3.63) is 87.6 Å². The van der Waals surface area contributed by atoms with Gasteiger partial charge < -0.3 is 9.64 Å². The number of aromatic nitrogens is 1. The van der Waals surface area contributed by atoms with Gasteiger partial charge in [0, 0.05) is 25.0 Å². The summed E-state index contributed by atoms with van der Waals surface area (Å²) in [6, 6.07) is 13.7. The highest BCUT2D eigenvalue weighted by Crippen LogP contribution is 2.17. The van der Waals surface area contributed by atoms with Crippen molar-refractivity contribution < 1.29 is 13.9 Å². The van der Waals surface area contributed by atoms with Crippen LogP contribution in [0.25, 0.3) is 6.08 Å². The van der Waals surface area contributed by atoms with Crippen LogP contribution in [0.5, 0.6) is 5.75 Å². The molecule has 1 amide bonds. The highest BCUT2D eigenvalue weighted by atomic mass is 32.1. The number of benzene rings is 2. The molecule has 0 saturated heterocycles. The van der Waals surface area contributed by atoms with Gasteiger partial charge in [-0.15, -0.1) is 11.3 Å². The third kappa shape index (κ3) is 5.76. The summed E-state index contributed by atoms with van der Waals surface area (Å²) in [5.74, 6) is 0.304. The van der Waals surface area contributed by atoms with Crippen molar-refractivity contribution in [3.63, 3.8) is 0 Å². The van der Waals surface area contributed by atoms with Gasteiger partial charge in [-0.05, 0) is 48.4 Å². The van der Waals surface area contributed by atoms with Crippen molar-refractivity contribution in [2.75, 3.05) is 7.05 Å². The quantitative estimate of drug-likeness (QED) is 0.537. The average Bonchev–Trinajstić information content (AvgIpc) is 3.12. The Balaban J connectivity index is 1.56. The molecule has 0 unspecified atom stereocenters. The van der Waals surface area contributed by atoms with E-state index in [2.05, 4.69) is 4.98 Å². The molecule has 144 valence electrons. The van der Waals surface area contributed by atoms with Crippen LogP contribution in [0.4, 0.5) is 4.39 Å². The average molecular weight is 396 g/mol. The molecule has 0 saturated carbocycles. The first-order chi connectivity index (χ1) is 13.5. The number of hydrogen-bond donors (Lipinski definition) is 0. The summed E-state index contributed by atoms with van der Waals surface area (Å²) in [5, 5.41) is 2.99. The van der Waals surface area contributed by atoms with Crippen LogP contribution in [0.2, 0.25) is 0 Å². The van der Waals surface area contributed by atoms with E-state index in [4.69, 9.17) is 4.74 Å². The molecule has 3 aromatic rings. The van der Waals surface area contributed by atoms with Gasteiger partial charge in [0.1, 0.15) is 18.2 Å². The number of hydrogen-bond acceptors (Lipinski definition) is 4. The van der Waals surface area contributed by atoms with Gasteiger partial charge in [-0.2, -0.15) is 0 Å². The minimum absolute atomic E-state index is 0.131. The maximum absolute atomic E-state index is 13.0. The highest BCUT2D eigenvalue weighted by molar-refractivity contribution is 7.09. The Morgan fingerprint density at radius 1 is 1.25 bits per heavy atom. The molecule has 0 aliphatic carbocycles. The lowest BCUT2D eigenvalue weighted by Gasteiger charge is -2.15. The number of aryl methyl sites for hydroxylation is 1. The van der Waals surface area contributed by atoms with E-state index in [9.17, 15) is 9.18 Å². The van der Waals surface area contributed by atoms with E-state index in [1.54, 1.807) is 41.5 Å². The Hall–Kier alpha value is -2.99. The SMILES string of the molecule is Cc1nc(COc2cccc(/C=C/C(=O)N(C)Cc3ccc(F)cc3)c2)cs1. The van der Waals surface area contributed by atoms with Crippen LogP contribution >= 0.6 is 11.3 Å². The molecule has 0 spiro atoms. The summed E-state index contributed by atoms with van der Waals surface area (Å²) in [6.45, 7) is 2.79. The van der Waals surface area contributed by atoms with Crippen LogP contribution in [-0.4, -0.2) is 22.8 Å². The summed E-state index contributed by atoms with van der Waals surface area (Å²) in [7, 11) is 1.71. The van der Waals surface area contributed by atoms with Gasteiger partial charge in [-0.1, -0.05) is 24.3 Å². The first-order valence-corrected chi connectivity index (χ1v) is 9.69. The Labute approximate surface area is 167 Å². The lowest BCUT2D eigenvalue weighted by Crippen LogP contribution is -2.24. The van der Waals surface area contributed by atoms with Gasteiger partial charge in [0.15, 0.2) is 0 Å². The molecule has 0 aliphatic rings. The second kappa shape index (κ2) is 9.28. The molecule has 0 N–H and O–H groups in total. The molecular formula is C22H21FN2O2S. The van der Waals surface area contributed by atoms with Crippen LogP contribution in [0.15, 0.2) is 60.0 Å². The lowest BCUT2D eigenvalue weighted by atomic mass is 10.2. The zero-order valence-corrected chi connectivity index (χ0v) is 16.6. The number of carbonyl (C=O) groups is 1. The fourth-order valence-corrected chi connectivity index (χ4v) is 3.17. The molecule has 28 heavy (non-hydrogen) atoms. The molecule has 0 bridgehead atoms. The zero-order chi connectivity index (χ0) is 19.9. The molecular weight excluding hydrogens is 375 g/mol. The van der Waals surface area contributed by atoms with E-state index in [1.807, 2.05) is 36.6 Å². The van der Waals surface area contributed by atoms with Crippen LogP contribution in [0, 0.1) is 12.7 Å². The molecule has 0 atom stereocenters. The van der Waals surface area contributed by atoms with Crippen molar-refractivity contribution in [2.45, 2.75) is 20.1 Å². The third-order valence-electron chi connectivity index (χ3n) is 4.04. The number of rotatable bonds is 7. The second-order valence-corrected chi connectivity index (χ2v) is 7.44. The first kappa shape index (κ1) is 19.8. The van der Waals surface area contributed by atoms with Crippen molar-refractivity contribution in [2.24, 2.45) is 0 Å². The molecule has 2 aromatic carbocycles. The topological polar surface area (TPSA) is 42.4 Å². The van der Waals surface area contributed by atoms with E-state index in [1.165, 1.54) is 18.2 Å². The third-order valence-corrected chi connectivity index (χ3v) is 4.86. The van der Waals surface area contributed by atoms with Crippen LogP contribution < -0.4 is 4.74 Å². The fraction of sp³-hybridized carbons (Fsp3) is 0.182. The number of nitrogens with zero attached hydrogens (tertiary/aromatic N) is 2. The summed E-state index contributed by atoms with van der Waals surface area (Å²) < 4.78 is 18.7. The molecule has 6 heteroatoms. The van der Waals surface area contributed by atoms with Gasteiger partial charge in [-0.25, -0.2) is 9.37 Å². The summed E-state index contributed by atoms with van der Waals surface area (Å²) in [5.41, 5.74) is 2.65. The number of halogens is 1. The summed E-state index contributed by atoms with van der Waals surface area (Å²) in [6.07, 6.45) is 3.27. The highest BCUT2D eigenvalue weighted by Gasteiger charge is 2.06. The van der Waals surface area contributed by atoms with Gasteiger partial charge in [0.25, 0.3) is 0 Å². The van der Waals surface area contributed by atoms with Crippen LogP contribution in [-0.2, 0) is 17.9 Å². The number of amides is 1. The fourth-order valence-electron chi connectivity index (χ4n) is 2.58. The maximum Gasteiger partial charge on any atom is 0.246 e. The van der Waals surface area contributed by atoms with Crippen molar-refractivity contribution >= 4 is 23.3 Å². The summed E-state index contributed by atoms with van der Waals surface area (Å²) >= 11 is 1.59. The van der Waals surface area contributed by atoms with Gasteiger partial charge in [-0.3, -0.25) is 4.79 Å². The summed E-state index contributed by atoms with van der Waals surface area (Å²) in [4.78, 5) is 18.3.